The number of nitrogens with zero attached hydrogens (tertiary/aromatic N) is 6. The summed E-state index contributed by atoms with van der Waals surface area (Å²) in [6.07, 6.45) is 8.20. The van der Waals surface area contributed by atoms with E-state index in [0.717, 1.165) is 31.5 Å². The smallest absolute Gasteiger partial charge is 0.272 e. The fourth-order valence-electron chi connectivity index (χ4n) is 3.97. The molecule has 0 spiro atoms. The van der Waals surface area contributed by atoms with Crippen molar-refractivity contribution < 1.29 is 9.59 Å². The van der Waals surface area contributed by atoms with E-state index < -0.39 is 0 Å². The Morgan fingerprint density at radius 1 is 1.21 bits per heavy atom. The van der Waals surface area contributed by atoms with Crippen LogP contribution in [0.1, 0.15) is 45.7 Å². The fraction of sp³-hybridized carbons (Fsp3) is 0.350. The Labute approximate surface area is 167 Å². The van der Waals surface area contributed by atoms with Crippen molar-refractivity contribution in [1.82, 2.24) is 24.5 Å². The number of carbonyl (C=O) groups excluding carboxylic acids is 2. The molecular formula is C20H21N7O2. The van der Waals surface area contributed by atoms with Gasteiger partial charge in [0.2, 0.25) is 0 Å². The first-order chi connectivity index (χ1) is 14.1. The number of hydrogen-bond acceptors (Lipinski definition) is 6. The van der Waals surface area contributed by atoms with E-state index in [0.29, 0.717) is 35.0 Å². The molecule has 148 valence electrons. The van der Waals surface area contributed by atoms with E-state index in [2.05, 4.69) is 25.3 Å². The quantitative estimate of drug-likeness (QED) is 0.733. The van der Waals surface area contributed by atoms with Crippen LogP contribution in [-0.4, -0.2) is 56.4 Å². The van der Waals surface area contributed by atoms with Gasteiger partial charge in [-0.15, -0.1) is 0 Å². The normalized spacial score (nSPS) is 16.4. The number of amides is 2. The van der Waals surface area contributed by atoms with Crippen LogP contribution in [-0.2, 0) is 6.54 Å². The van der Waals surface area contributed by atoms with E-state index in [1.54, 1.807) is 34.9 Å². The highest BCUT2D eigenvalue weighted by Crippen LogP contribution is 2.32. The molecule has 2 aliphatic heterocycles. The third kappa shape index (κ3) is 2.98. The summed E-state index contributed by atoms with van der Waals surface area (Å²) in [5, 5.41) is 7.18. The Kier molecular flexibility index (Phi) is 4.15. The van der Waals surface area contributed by atoms with Crippen molar-refractivity contribution in [3.8, 4) is 0 Å². The van der Waals surface area contributed by atoms with Crippen LogP contribution in [0.15, 0.2) is 30.7 Å². The van der Waals surface area contributed by atoms with Gasteiger partial charge in [0.05, 0.1) is 11.9 Å². The molecule has 9 nitrogen and oxygen atoms in total. The topological polar surface area (TPSA) is 95.7 Å². The Hall–Kier alpha value is -3.49. The average Bonchev–Trinajstić information content (AvgIpc) is 3.29. The van der Waals surface area contributed by atoms with Gasteiger partial charge in [-0.25, -0.2) is 14.5 Å². The van der Waals surface area contributed by atoms with Crippen LogP contribution in [0.25, 0.3) is 5.65 Å². The van der Waals surface area contributed by atoms with Crippen LogP contribution in [0.3, 0.4) is 0 Å². The molecule has 2 amide bonds. The van der Waals surface area contributed by atoms with E-state index in [-0.39, 0.29) is 11.8 Å². The molecule has 0 bridgehead atoms. The highest BCUT2D eigenvalue weighted by Gasteiger charge is 2.30. The Bertz CT molecular complexity index is 1120. The van der Waals surface area contributed by atoms with Crippen molar-refractivity contribution in [2.75, 3.05) is 30.4 Å². The van der Waals surface area contributed by atoms with E-state index in [1.165, 1.54) is 12.6 Å². The molecule has 0 atom stereocenters. The second-order valence-corrected chi connectivity index (χ2v) is 7.48. The molecule has 3 aromatic rings. The van der Waals surface area contributed by atoms with Gasteiger partial charge in [-0.1, -0.05) is 0 Å². The average molecular weight is 391 g/mol. The van der Waals surface area contributed by atoms with E-state index >= 15 is 0 Å². The van der Waals surface area contributed by atoms with Crippen LogP contribution in [0.4, 0.5) is 11.5 Å². The fourth-order valence-corrected chi connectivity index (χ4v) is 3.97. The summed E-state index contributed by atoms with van der Waals surface area (Å²) in [6.45, 7) is 2.20. The summed E-state index contributed by atoms with van der Waals surface area (Å²) in [6, 6.07) is 3.64. The van der Waals surface area contributed by atoms with Gasteiger partial charge in [0.15, 0.2) is 11.5 Å². The lowest BCUT2D eigenvalue weighted by Gasteiger charge is -2.29. The number of pyridine rings is 1. The second kappa shape index (κ2) is 6.84. The molecule has 0 radical (unpaired) electrons. The minimum Gasteiger partial charge on any atom is -0.355 e. The minimum atomic E-state index is -0.295. The predicted octanol–water partition coefficient (Wildman–Crippen LogP) is 1.95. The first-order valence-corrected chi connectivity index (χ1v) is 9.76. The van der Waals surface area contributed by atoms with Crippen molar-refractivity contribution in [3.05, 3.63) is 47.5 Å². The number of hydrogen-bond donors (Lipinski definition) is 1. The molecule has 5 heterocycles. The lowest BCUT2D eigenvalue weighted by atomic mass is 10.1. The van der Waals surface area contributed by atoms with Gasteiger partial charge in [0.25, 0.3) is 11.8 Å². The minimum absolute atomic E-state index is 0.0806. The highest BCUT2D eigenvalue weighted by atomic mass is 16.2. The Balaban J connectivity index is 1.54. The molecular weight excluding hydrogens is 370 g/mol. The predicted molar refractivity (Wildman–Crippen MR) is 107 cm³/mol. The summed E-state index contributed by atoms with van der Waals surface area (Å²) in [4.78, 5) is 38.2. The molecule has 2 aliphatic rings. The number of anilines is 2. The number of rotatable bonds is 3. The van der Waals surface area contributed by atoms with Gasteiger partial charge in [0.1, 0.15) is 11.3 Å². The maximum atomic E-state index is 13.0. The lowest BCUT2D eigenvalue weighted by molar-refractivity contribution is 0.0812. The SMILES string of the molecule is CN1Cc2cc(NC(=O)c3cnn4cccnc34)c(N3CCCCC3)nc2C1=O. The molecule has 9 heteroatoms. The van der Waals surface area contributed by atoms with Crippen LogP contribution in [0.5, 0.6) is 0 Å². The summed E-state index contributed by atoms with van der Waals surface area (Å²) >= 11 is 0. The standard InChI is InChI=1S/C20H21N7O2/c1-25-12-13-10-15(18(24-16(13)20(25)29)26-7-3-2-4-8-26)23-19(28)14-11-22-27-9-5-6-21-17(14)27/h5-6,9-11H,2-4,7-8,12H2,1H3,(H,23,28). The maximum Gasteiger partial charge on any atom is 0.272 e. The number of carbonyl (C=O) groups is 2. The molecule has 29 heavy (non-hydrogen) atoms. The van der Waals surface area contributed by atoms with E-state index in [1.807, 2.05) is 6.07 Å². The molecule has 5 rings (SSSR count). The zero-order valence-electron chi connectivity index (χ0n) is 16.1. The summed E-state index contributed by atoms with van der Waals surface area (Å²) in [5.74, 6) is 0.282. The zero-order chi connectivity index (χ0) is 20.0. The van der Waals surface area contributed by atoms with Gasteiger partial charge in [-0.05, 0) is 31.4 Å². The lowest BCUT2D eigenvalue weighted by Crippen LogP contribution is -2.32. The van der Waals surface area contributed by atoms with Gasteiger partial charge in [-0.2, -0.15) is 5.10 Å². The van der Waals surface area contributed by atoms with E-state index in [4.69, 9.17) is 0 Å². The first-order valence-electron chi connectivity index (χ1n) is 9.76. The zero-order valence-corrected chi connectivity index (χ0v) is 16.1. The van der Waals surface area contributed by atoms with Crippen molar-refractivity contribution >= 4 is 29.0 Å². The van der Waals surface area contributed by atoms with Crippen molar-refractivity contribution in [2.24, 2.45) is 0 Å². The molecule has 0 saturated carbocycles. The number of piperidine rings is 1. The van der Waals surface area contributed by atoms with Crippen LogP contribution >= 0.6 is 0 Å². The molecule has 1 saturated heterocycles. The summed E-state index contributed by atoms with van der Waals surface area (Å²) < 4.78 is 1.56. The molecule has 0 unspecified atom stereocenters. The summed E-state index contributed by atoms with van der Waals surface area (Å²) in [7, 11) is 1.76. The Morgan fingerprint density at radius 2 is 2.03 bits per heavy atom. The van der Waals surface area contributed by atoms with Gasteiger partial charge in [-0.3, -0.25) is 9.59 Å². The number of aromatic nitrogens is 4. The van der Waals surface area contributed by atoms with Gasteiger partial charge >= 0.3 is 0 Å². The maximum absolute atomic E-state index is 13.0. The monoisotopic (exact) mass is 391 g/mol. The summed E-state index contributed by atoms with van der Waals surface area (Å²) in [5.41, 5.74) is 2.81. The molecule has 1 N–H and O–H groups in total. The van der Waals surface area contributed by atoms with Crippen LogP contribution < -0.4 is 10.2 Å². The molecule has 0 aromatic carbocycles. The largest absolute Gasteiger partial charge is 0.355 e. The molecule has 3 aromatic heterocycles. The van der Waals surface area contributed by atoms with Crippen molar-refractivity contribution in [1.29, 1.82) is 0 Å². The van der Waals surface area contributed by atoms with Crippen LogP contribution in [0, 0.1) is 0 Å². The highest BCUT2D eigenvalue weighted by molar-refractivity contribution is 6.09. The van der Waals surface area contributed by atoms with E-state index in [9.17, 15) is 9.59 Å². The number of fused-ring (bicyclic) bond motifs is 2. The Morgan fingerprint density at radius 3 is 2.86 bits per heavy atom. The van der Waals surface area contributed by atoms with Gasteiger partial charge < -0.3 is 15.1 Å². The van der Waals surface area contributed by atoms with Crippen molar-refractivity contribution in [2.45, 2.75) is 25.8 Å². The van der Waals surface area contributed by atoms with Crippen LogP contribution in [0.2, 0.25) is 0 Å². The third-order valence-corrected chi connectivity index (χ3v) is 5.47. The molecule has 1 fully saturated rings. The third-order valence-electron chi connectivity index (χ3n) is 5.47. The van der Waals surface area contributed by atoms with Gasteiger partial charge in [0, 0.05) is 44.6 Å². The number of nitrogens with one attached hydrogen (secondary N) is 1. The first kappa shape index (κ1) is 17.6. The second-order valence-electron chi connectivity index (χ2n) is 7.48. The van der Waals surface area contributed by atoms with Crippen molar-refractivity contribution in [3.63, 3.8) is 0 Å². The molecule has 0 aliphatic carbocycles.